The van der Waals surface area contributed by atoms with Crippen molar-refractivity contribution in [1.29, 1.82) is 0 Å². The van der Waals surface area contributed by atoms with E-state index in [0.717, 1.165) is 0 Å². The zero-order valence-corrected chi connectivity index (χ0v) is 12.4. The molecule has 3 atom stereocenters. The van der Waals surface area contributed by atoms with Crippen LogP contribution in [0.2, 0.25) is 0 Å². The fourth-order valence-electron chi connectivity index (χ4n) is 1.85. The molecule has 0 saturated carbocycles. The first-order valence-corrected chi connectivity index (χ1v) is 6.89. The summed E-state index contributed by atoms with van der Waals surface area (Å²) in [5, 5.41) is 4.76. The van der Waals surface area contributed by atoms with Crippen LogP contribution in [0.5, 0.6) is 0 Å². The quantitative estimate of drug-likeness (QED) is 0.324. The van der Waals surface area contributed by atoms with Crippen molar-refractivity contribution in [2.24, 2.45) is 16.8 Å². The number of nitrogens with one attached hydrogen (secondary N) is 1. The van der Waals surface area contributed by atoms with E-state index >= 15 is 0 Å². The molecule has 1 aliphatic heterocycles. The smallest absolute Gasteiger partial charge is 0.328 e. The normalized spacial score (nSPS) is 20.5. The van der Waals surface area contributed by atoms with E-state index in [1.165, 1.54) is 0 Å². The first kappa shape index (κ1) is 16.5. The zero-order valence-electron chi connectivity index (χ0n) is 11.5. The molecule has 1 aliphatic rings. The highest BCUT2D eigenvalue weighted by molar-refractivity contribution is 7.78. The summed E-state index contributed by atoms with van der Waals surface area (Å²) in [6.07, 6.45) is 0.213. The number of rotatable bonds is 7. The molecule has 0 radical (unpaired) electrons. The fraction of sp³-hybridized carbons (Fsp3) is 0.692. The topological polar surface area (TPSA) is 84.8 Å². The highest BCUT2D eigenvalue weighted by Crippen LogP contribution is 2.14. The van der Waals surface area contributed by atoms with Crippen molar-refractivity contribution in [2.75, 3.05) is 13.2 Å². The molecule has 20 heavy (non-hydrogen) atoms. The number of nitrogens with zero attached hydrogens (tertiary/aromatic N) is 1. The maximum absolute atomic E-state index is 11.9. The molecule has 0 aromatic carbocycles. The Hall–Kier alpha value is -1.59. The van der Waals surface area contributed by atoms with Crippen LogP contribution in [0.3, 0.4) is 0 Å². The Labute approximate surface area is 123 Å². The molecule has 0 aromatic heterocycles. The summed E-state index contributed by atoms with van der Waals surface area (Å²) in [6.45, 7) is 4.34. The van der Waals surface area contributed by atoms with Gasteiger partial charge in [-0.2, -0.15) is 0 Å². The van der Waals surface area contributed by atoms with Crippen LogP contribution in [0, 0.1) is 11.8 Å². The van der Waals surface area contributed by atoms with E-state index in [9.17, 15) is 14.4 Å². The van der Waals surface area contributed by atoms with Gasteiger partial charge < -0.3 is 10.1 Å². The minimum Gasteiger partial charge on any atom is -0.464 e. The van der Waals surface area contributed by atoms with Crippen molar-refractivity contribution < 1.29 is 19.1 Å². The van der Waals surface area contributed by atoms with Crippen molar-refractivity contribution in [2.45, 2.75) is 32.7 Å². The van der Waals surface area contributed by atoms with Crippen molar-refractivity contribution in [3.05, 3.63) is 0 Å². The van der Waals surface area contributed by atoms with E-state index in [0.29, 0.717) is 19.6 Å². The van der Waals surface area contributed by atoms with Gasteiger partial charge in [0, 0.05) is 12.3 Å². The number of ether oxygens (including phenoxy) is 1. The van der Waals surface area contributed by atoms with Gasteiger partial charge in [-0.1, -0.05) is 13.8 Å². The van der Waals surface area contributed by atoms with Crippen molar-refractivity contribution >= 4 is 35.0 Å². The number of cyclic esters (lactones) is 1. The number of carbonyl (C=O) groups is 3. The van der Waals surface area contributed by atoms with Crippen molar-refractivity contribution in [3.8, 4) is 0 Å². The van der Waals surface area contributed by atoms with Gasteiger partial charge in [0.25, 0.3) is 0 Å². The van der Waals surface area contributed by atoms with Crippen LogP contribution in [-0.2, 0) is 19.1 Å². The average Bonchev–Trinajstić information content (AvgIpc) is 2.80. The number of esters is 1. The molecule has 1 amide bonds. The van der Waals surface area contributed by atoms with Gasteiger partial charge >= 0.3 is 5.97 Å². The SMILES string of the molecule is CC(CN=C=S)C(C)C(=O)CC(=O)N[C@H]1CCOC1=O. The molecule has 0 aliphatic carbocycles. The summed E-state index contributed by atoms with van der Waals surface area (Å²) in [4.78, 5) is 38.7. The van der Waals surface area contributed by atoms with Crippen molar-refractivity contribution in [3.63, 3.8) is 0 Å². The second kappa shape index (κ2) is 7.87. The highest BCUT2D eigenvalue weighted by Gasteiger charge is 2.29. The Bertz CT molecular complexity index is 446. The Morgan fingerprint density at radius 2 is 2.25 bits per heavy atom. The number of hydrogen-bond donors (Lipinski definition) is 1. The fourth-order valence-corrected chi connectivity index (χ4v) is 1.92. The van der Waals surface area contributed by atoms with Gasteiger partial charge in [0.2, 0.25) is 5.91 Å². The van der Waals surface area contributed by atoms with E-state index in [1.54, 1.807) is 6.92 Å². The van der Waals surface area contributed by atoms with Gasteiger partial charge in [0.05, 0.1) is 24.7 Å². The number of thiocarbonyl (C=S) groups is 1. The van der Waals surface area contributed by atoms with Crippen LogP contribution in [0.15, 0.2) is 4.99 Å². The lowest BCUT2D eigenvalue weighted by atomic mass is 9.90. The number of ketones is 1. The van der Waals surface area contributed by atoms with Crippen LogP contribution >= 0.6 is 12.2 Å². The number of isothiocyanates is 1. The average molecular weight is 298 g/mol. The Morgan fingerprint density at radius 3 is 2.80 bits per heavy atom. The number of carbonyl (C=O) groups excluding carboxylic acids is 3. The van der Waals surface area contributed by atoms with Crippen LogP contribution in [-0.4, -0.2) is 42.0 Å². The lowest BCUT2D eigenvalue weighted by molar-refractivity contribution is -0.142. The van der Waals surface area contributed by atoms with Crippen LogP contribution < -0.4 is 5.32 Å². The summed E-state index contributed by atoms with van der Waals surface area (Å²) in [5.74, 6) is -1.38. The molecule has 0 bridgehead atoms. The monoisotopic (exact) mass is 298 g/mol. The van der Waals surface area contributed by atoms with E-state index < -0.39 is 17.9 Å². The van der Waals surface area contributed by atoms with Gasteiger partial charge in [-0.3, -0.25) is 9.59 Å². The van der Waals surface area contributed by atoms with E-state index in [-0.39, 0.29) is 24.0 Å². The number of aliphatic imine (C=N–C) groups is 1. The predicted octanol–water partition coefficient (Wildman–Crippen LogP) is 0.752. The third-order valence-corrected chi connectivity index (χ3v) is 3.54. The zero-order chi connectivity index (χ0) is 15.1. The van der Waals surface area contributed by atoms with Gasteiger partial charge in [0.15, 0.2) is 0 Å². The van der Waals surface area contributed by atoms with Crippen LogP contribution in [0.1, 0.15) is 26.7 Å². The molecule has 2 unspecified atom stereocenters. The lowest BCUT2D eigenvalue weighted by Gasteiger charge is -2.16. The summed E-state index contributed by atoms with van der Waals surface area (Å²) in [5.41, 5.74) is 0. The minimum absolute atomic E-state index is 0.0119. The molecular formula is C13H18N2O4S. The summed E-state index contributed by atoms with van der Waals surface area (Å²) < 4.78 is 4.73. The Morgan fingerprint density at radius 1 is 1.55 bits per heavy atom. The Balaban J connectivity index is 2.42. The molecule has 6 nitrogen and oxygen atoms in total. The molecule has 1 rings (SSSR count). The third kappa shape index (κ3) is 4.83. The summed E-state index contributed by atoms with van der Waals surface area (Å²) >= 11 is 4.47. The molecule has 1 heterocycles. The molecule has 1 fully saturated rings. The van der Waals surface area contributed by atoms with Crippen LogP contribution in [0.25, 0.3) is 0 Å². The highest BCUT2D eigenvalue weighted by atomic mass is 32.1. The van der Waals surface area contributed by atoms with Gasteiger partial charge in [-0.15, -0.1) is 0 Å². The molecule has 1 N–H and O–H groups in total. The molecule has 1 saturated heterocycles. The summed E-state index contributed by atoms with van der Waals surface area (Å²) in [6, 6.07) is -0.623. The number of Topliss-reactive ketones (excluding diaryl/α,β-unsaturated/α-hetero) is 1. The second-order valence-corrected chi connectivity index (χ2v) is 5.10. The first-order chi connectivity index (χ1) is 9.45. The van der Waals surface area contributed by atoms with Gasteiger partial charge in [0.1, 0.15) is 11.8 Å². The maximum Gasteiger partial charge on any atom is 0.328 e. The van der Waals surface area contributed by atoms with Gasteiger partial charge in [-0.05, 0) is 18.1 Å². The summed E-state index contributed by atoms with van der Waals surface area (Å²) in [7, 11) is 0. The van der Waals surface area contributed by atoms with E-state index in [2.05, 4.69) is 27.7 Å². The third-order valence-electron chi connectivity index (χ3n) is 3.41. The maximum atomic E-state index is 11.9. The predicted molar refractivity (Wildman–Crippen MR) is 75.4 cm³/mol. The Kier molecular flexibility index (Phi) is 6.48. The van der Waals surface area contributed by atoms with Gasteiger partial charge in [-0.25, -0.2) is 9.79 Å². The molecular weight excluding hydrogens is 280 g/mol. The van der Waals surface area contributed by atoms with Crippen molar-refractivity contribution in [1.82, 2.24) is 5.32 Å². The first-order valence-electron chi connectivity index (χ1n) is 6.48. The molecule has 7 heteroatoms. The number of hydrogen-bond acceptors (Lipinski definition) is 6. The molecule has 0 aromatic rings. The lowest BCUT2D eigenvalue weighted by Crippen LogP contribution is -2.39. The minimum atomic E-state index is -0.623. The molecule has 0 spiro atoms. The second-order valence-electron chi connectivity index (χ2n) is 4.92. The van der Waals surface area contributed by atoms with E-state index in [1.807, 2.05) is 6.92 Å². The standard InChI is InChI=1S/C13H18N2O4S/c1-8(6-14-7-20)9(2)11(16)5-12(17)15-10-3-4-19-13(10)18/h8-10H,3-6H2,1-2H3,(H,15,17)/t8?,9?,10-/m0/s1. The van der Waals surface area contributed by atoms with Crippen LogP contribution in [0.4, 0.5) is 0 Å². The largest absolute Gasteiger partial charge is 0.464 e. The van der Waals surface area contributed by atoms with E-state index in [4.69, 9.17) is 4.74 Å². The number of amides is 1. The molecule has 110 valence electrons.